The van der Waals surface area contributed by atoms with Gasteiger partial charge in [0.05, 0.1) is 16.6 Å². The minimum atomic E-state index is -4.53. The van der Waals surface area contributed by atoms with E-state index in [1.54, 1.807) is 19.1 Å². The highest BCUT2D eigenvalue weighted by molar-refractivity contribution is 7.89. The van der Waals surface area contributed by atoms with E-state index in [4.69, 9.17) is 0 Å². The molecule has 0 aliphatic rings. The summed E-state index contributed by atoms with van der Waals surface area (Å²) in [7, 11) is -0.656. The van der Waals surface area contributed by atoms with Crippen molar-refractivity contribution in [2.45, 2.75) is 24.0 Å². The van der Waals surface area contributed by atoms with Gasteiger partial charge in [-0.2, -0.15) is 18.3 Å². The molecule has 0 bridgehead atoms. The Morgan fingerprint density at radius 3 is 2.12 bits per heavy atom. The Hall–Kier alpha value is -3.18. The zero-order chi connectivity index (χ0) is 23.7. The summed E-state index contributed by atoms with van der Waals surface area (Å²) in [4.78, 5) is 12.7. The van der Waals surface area contributed by atoms with Crippen LogP contribution < -0.4 is 5.32 Å². The second-order valence-electron chi connectivity index (χ2n) is 7.24. The van der Waals surface area contributed by atoms with E-state index >= 15 is 0 Å². The van der Waals surface area contributed by atoms with Gasteiger partial charge in [-0.1, -0.05) is 12.1 Å². The lowest BCUT2D eigenvalue weighted by atomic mass is 10.1. The number of nitrogens with one attached hydrogen (secondary N) is 1. The molecule has 3 rings (SSSR count). The summed E-state index contributed by atoms with van der Waals surface area (Å²) in [6, 6.07) is 12.6. The molecule has 170 valence electrons. The first-order chi connectivity index (χ1) is 14.9. The fraction of sp³-hybridized carbons (Fsp3) is 0.238. The van der Waals surface area contributed by atoms with Crippen LogP contribution in [0.2, 0.25) is 0 Å². The molecule has 0 aliphatic heterocycles. The van der Waals surface area contributed by atoms with Gasteiger partial charge in [-0.05, 0) is 55.0 Å². The maximum absolute atomic E-state index is 12.7. The average Bonchev–Trinajstić information content (AvgIpc) is 3.24. The monoisotopic (exact) mass is 466 g/mol. The van der Waals surface area contributed by atoms with E-state index in [0.29, 0.717) is 16.8 Å². The molecule has 0 fully saturated rings. The van der Waals surface area contributed by atoms with Crippen LogP contribution in [0.4, 0.5) is 13.2 Å². The van der Waals surface area contributed by atoms with Crippen LogP contribution in [0.1, 0.15) is 34.6 Å². The number of carbonyl (C=O) groups excluding carboxylic acids is 1. The van der Waals surface area contributed by atoms with Crippen LogP contribution in [0.15, 0.2) is 65.7 Å². The third-order valence-electron chi connectivity index (χ3n) is 4.78. The van der Waals surface area contributed by atoms with Gasteiger partial charge in [-0.25, -0.2) is 17.4 Å². The van der Waals surface area contributed by atoms with E-state index in [2.05, 4.69) is 10.4 Å². The minimum Gasteiger partial charge on any atom is -0.346 e. The number of sulfonamides is 1. The molecule has 7 nitrogen and oxygen atoms in total. The highest BCUT2D eigenvalue weighted by Gasteiger charge is 2.33. The van der Waals surface area contributed by atoms with Gasteiger partial charge in [-0.3, -0.25) is 4.79 Å². The Balaban J connectivity index is 1.68. The number of halogens is 3. The summed E-state index contributed by atoms with van der Waals surface area (Å²) < 4.78 is 64.6. The van der Waals surface area contributed by atoms with Crippen molar-refractivity contribution >= 4 is 15.9 Å². The number of rotatable bonds is 6. The summed E-state index contributed by atoms with van der Waals surface area (Å²) in [6.45, 7) is 1.75. The van der Waals surface area contributed by atoms with E-state index in [9.17, 15) is 26.4 Å². The van der Waals surface area contributed by atoms with Gasteiger partial charge in [0.25, 0.3) is 5.91 Å². The number of nitrogens with zero attached hydrogens (tertiary/aromatic N) is 3. The lowest BCUT2D eigenvalue weighted by Crippen LogP contribution is -2.27. The van der Waals surface area contributed by atoms with Gasteiger partial charge < -0.3 is 5.32 Å². The Labute approximate surface area is 183 Å². The van der Waals surface area contributed by atoms with Crippen molar-refractivity contribution in [1.29, 1.82) is 0 Å². The molecule has 0 saturated carbocycles. The molecular formula is C21H21F3N4O3S. The summed E-state index contributed by atoms with van der Waals surface area (Å²) in [5.41, 5.74) is 0.403. The maximum Gasteiger partial charge on any atom is 0.435 e. The van der Waals surface area contributed by atoms with E-state index in [-0.39, 0.29) is 10.8 Å². The number of aromatic nitrogens is 2. The van der Waals surface area contributed by atoms with Crippen molar-refractivity contribution in [3.05, 3.63) is 77.6 Å². The SMILES string of the molecule is CC(NC(=O)c1ccc(-n2ccc(C(F)(F)F)n2)cc1)c1ccc(S(=O)(=O)N(C)C)cc1. The maximum atomic E-state index is 12.7. The first kappa shape index (κ1) is 23.5. The van der Waals surface area contributed by atoms with Crippen molar-refractivity contribution in [3.63, 3.8) is 0 Å². The smallest absolute Gasteiger partial charge is 0.346 e. The fourth-order valence-corrected chi connectivity index (χ4v) is 3.79. The van der Waals surface area contributed by atoms with Crippen molar-refractivity contribution in [1.82, 2.24) is 19.4 Å². The lowest BCUT2D eigenvalue weighted by Gasteiger charge is -2.16. The molecule has 1 aromatic heterocycles. The molecular weight excluding hydrogens is 445 g/mol. The van der Waals surface area contributed by atoms with Crippen molar-refractivity contribution in [2.24, 2.45) is 0 Å². The number of carbonyl (C=O) groups is 1. The van der Waals surface area contributed by atoms with E-state index < -0.39 is 27.9 Å². The summed E-state index contributed by atoms with van der Waals surface area (Å²) in [6.07, 6.45) is -3.34. The topological polar surface area (TPSA) is 84.3 Å². The quantitative estimate of drug-likeness (QED) is 0.601. The van der Waals surface area contributed by atoms with Crippen molar-refractivity contribution in [3.8, 4) is 5.69 Å². The van der Waals surface area contributed by atoms with E-state index in [0.717, 1.165) is 15.1 Å². The van der Waals surface area contributed by atoms with Gasteiger partial charge >= 0.3 is 6.18 Å². The Morgan fingerprint density at radius 1 is 1.03 bits per heavy atom. The number of benzene rings is 2. The first-order valence-electron chi connectivity index (χ1n) is 9.46. The molecule has 3 aromatic rings. The highest BCUT2D eigenvalue weighted by Crippen LogP contribution is 2.28. The van der Waals surface area contributed by atoms with Crippen LogP contribution in [-0.2, 0) is 16.2 Å². The predicted molar refractivity (Wildman–Crippen MR) is 112 cm³/mol. The van der Waals surface area contributed by atoms with Crippen LogP contribution in [-0.4, -0.2) is 42.5 Å². The molecule has 1 amide bonds. The lowest BCUT2D eigenvalue weighted by molar-refractivity contribution is -0.141. The van der Waals surface area contributed by atoms with Crippen LogP contribution in [0, 0.1) is 0 Å². The van der Waals surface area contributed by atoms with Crippen molar-refractivity contribution < 1.29 is 26.4 Å². The first-order valence-corrected chi connectivity index (χ1v) is 10.9. The largest absolute Gasteiger partial charge is 0.435 e. The summed E-state index contributed by atoms with van der Waals surface area (Å²) in [5.74, 6) is -0.384. The van der Waals surface area contributed by atoms with E-state index in [1.807, 2.05) is 0 Å². The Morgan fingerprint density at radius 2 is 1.62 bits per heavy atom. The van der Waals surface area contributed by atoms with Gasteiger partial charge in [0.1, 0.15) is 0 Å². The van der Waals surface area contributed by atoms with Gasteiger partial charge in [-0.15, -0.1) is 0 Å². The second kappa shape index (κ2) is 8.75. The van der Waals surface area contributed by atoms with Crippen LogP contribution in [0.25, 0.3) is 5.69 Å². The molecule has 1 atom stereocenters. The molecule has 1 heterocycles. The molecule has 0 spiro atoms. The third-order valence-corrected chi connectivity index (χ3v) is 6.61. The predicted octanol–water partition coefficient (Wildman–Crippen LogP) is 3.63. The molecule has 11 heteroatoms. The van der Waals surface area contributed by atoms with Gasteiger partial charge in [0, 0.05) is 25.9 Å². The Kier molecular flexibility index (Phi) is 6.42. The number of amides is 1. The third kappa shape index (κ3) is 5.00. The second-order valence-corrected chi connectivity index (χ2v) is 9.39. The molecule has 32 heavy (non-hydrogen) atoms. The molecule has 0 aliphatic carbocycles. The van der Waals surface area contributed by atoms with Gasteiger partial charge in [0.15, 0.2) is 5.69 Å². The fourth-order valence-electron chi connectivity index (χ4n) is 2.89. The molecule has 1 N–H and O–H groups in total. The van der Waals surface area contributed by atoms with Crippen LogP contribution >= 0.6 is 0 Å². The standard InChI is InChI=1S/C21H21F3N4O3S/c1-14(15-6-10-18(11-7-15)32(30,31)27(2)3)25-20(29)16-4-8-17(9-5-16)28-13-12-19(26-28)21(22,23)24/h4-14H,1-3H3,(H,25,29). The van der Waals surface area contributed by atoms with Crippen LogP contribution in [0.5, 0.6) is 0 Å². The molecule has 0 radical (unpaired) electrons. The minimum absolute atomic E-state index is 0.146. The molecule has 2 aromatic carbocycles. The molecule has 1 unspecified atom stereocenters. The van der Waals surface area contributed by atoms with Crippen LogP contribution in [0.3, 0.4) is 0 Å². The normalized spacial score (nSPS) is 13.2. The molecule has 0 saturated heterocycles. The zero-order valence-electron chi connectivity index (χ0n) is 17.5. The van der Waals surface area contributed by atoms with Crippen molar-refractivity contribution in [2.75, 3.05) is 14.1 Å². The summed E-state index contributed by atoms with van der Waals surface area (Å²) in [5, 5.41) is 6.30. The number of hydrogen-bond acceptors (Lipinski definition) is 4. The van der Waals surface area contributed by atoms with Gasteiger partial charge in [0.2, 0.25) is 10.0 Å². The summed E-state index contributed by atoms with van der Waals surface area (Å²) >= 11 is 0. The van der Waals surface area contributed by atoms with E-state index in [1.165, 1.54) is 56.7 Å². The average molecular weight is 466 g/mol. The highest BCUT2D eigenvalue weighted by atomic mass is 32.2. The number of alkyl halides is 3. The zero-order valence-corrected chi connectivity index (χ0v) is 18.3. The number of hydrogen-bond donors (Lipinski definition) is 1. The Bertz CT molecular complexity index is 1200.